The van der Waals surface area contributed by atoms with Gasteiger partial charge in [-0.15, -0.1) is 17.9 Å². The molecule has 5 N–H and O–H groups in total. The van der Waals surface area contributed by atoms with Gasteiger partial charge in [-0.3, -0.25) is 9.59 Å². The predicted octanol–water partition coefficient (Wildman–Crippen LogP) is 5.52. The Morgan fingerprint density at radius 2 is 1.88 bits per heavy atom. The summed E-state index contributed by atoms with van der Waals surface area (Å²) in [5, 5.41) is 17.9. The van der Waals surface area contributed by atoms with Crippen LogP contribution in [0.4, 0.5) is 5.69 Å². The molecule has 0 spiro atoms. The Morgan fingerprint density at radius 1 is 1.10 bits per heavy atom. The van der Waals surface area contributed by atoms with Crippen molar-refractivity contribution in [1.29, 1.82) is 0 Å². The molecule has 0 bridgehead atoms. The van der Waals surface area contributed by atoms with Crippen molar-refractivity contribution in [3.05, 3.63) is 101 Å². The number of carboxylic acids is 1. The standard InChI is InChI=1S/C32H30N4O5S/c1-3-4-18(2)34-31(38)26-10-9-22(28(36-26)32(39)40)23-16-27-25(29-20(11-13-41-27)12-14-42-29)15-24(23)30(37)35-21-7-5-19(17-33)6-8-21/h3,5-10,12,14-16,18H,1,4,11,13,17,33H2,2H3,(H,34,38)(H,35,37)(H,39,40). The molecule has 10 heteroatoms. The maximum absolute atomic E-state index is 13.8. The van der Waals surface area contributed by atoms with Crippen LogP contribution in [0.2, 0.25) is 0 Å². The summed E-state index contributed by atoms with van der Waals surface area (Å²) in [6, 6.07) is 15.4. The Bertz CT molecular complexity index is 1680. The number of carbonyl (C=O) groups is 3. The Balaban J connectivity index is 1.63. The lowest BCUT2D eigenvalue weighted by Gasteiger charge is -2.17. The van der Waals surface area contributed by atoms with Crippen LogP contribution in [0.3, 0.4) is 0 Å². The maximum atomic E-state index is 13.8. The van der Waals surface area contributed by atoms with Gasteiger partial charge in [-0.25, -0.2) is 9.78 Å². The lowest BCUT2D eigenvalue weighted by molar-refractivity contribution is 0.0691. The third-order valence-electron chi connectivity index (χ3n) is 6.95. The number of nitrogens with one attached hydrogen (secondary N) is 2. The molecule has 1 atom stereocenters. The van der Waals surface area contributed by atoms with Gasteiger partial charge >= 0.3 is 5.97 Å². The van der Waals surface area contributed by atoms with Crippen molar-refractivity contribution in [1.82, 2.24) is 10.3 Å². The van der Waals surface area contributed by atoms with E-state index in [0.717, 1.165) is 21.6 Å². The average molecular weight is 583 g/mol. The van der Waals surface area contributed by atoms with Crippen LogP contribution in [0, 0.1) is 0 Å². The molecule has 1 aliphatic rings. The van der Waals surface area contributed by atoms with Crippen molar-refractivity contribution in [3.8, 4) is 27.3 Å². The molecule has 0 fully saturated rings. The first-order chi connectivity index (χ1) is 20.3. The molecule has 2 aromatic carbocycles. The highest BCUT2D eigenvalue weighted by Crippen LogP contribution is 2.43. The molecule has 0 aliphatic carbocycles. The van der Waals surface area contributed by atoms with Crippen LogP contribution in [0.1, 0.15) is 55.8 Å². The number of pyridine rings is 1. The first-order valence-electron chi connectivity index (χ1n) is 13.4. The summed E-state index contributed by atoms with van der Waals surface area (Å²) in [6.45, 7) is 6.29. The molecule has 3 heterocycles. The number of ether oxygens (including phenoxy) is 1. The van der Waals surface area contributed by atoms with Gasteiger partial charge in [0.05, 0.1) is 6.61 Å². The zero-order valence-electron chi connectivity index (χ0n) is 23.0. The van der Waals surface area contributed by atoms with Crippen LogP contribution < -0.4 is 21.1 Å². The lowest BCUT2D eigenvalue weighted by atomic mass is 9.93. The number of benzene rings is 2. The van der Waals surface area contributed by atoms with Crippen molar-refractivity contribution in [2.24, 2.45) is 5.73 Å². The molecule has 0 saturated carbocycles. The van der Waals surface area contributed by atoms with Crippen molar-refractivity contribution in [2.75, 3.05) is 11.9 Å². The van der Waals surface area contributed by atoms with Crippen LogP contribution in [0.5, 0.6) is 5.75 Å². The van der Waals surface area contributed by atoms with Gasteiger partial charge in [-0.1, -0.05) is 18.2 Å². The number of nitrogens with two attached hydrogens (primary N) is 1. The summed E-state index contributed by atoms with van der Waals surface area (Å²) in [5.41, 5.74) is 9.39. The monoisotopic (exact) mass is 582 g/mol. The highest BCUT2D eigenvalue weighted by molar-refractivity contribution is 7.13. The number of carbonyl (C=O) groups excluding carboxylic acids is 2. The summed E-state index contributed by atoms with van der Waals surface area (Å²) >= 11 is 1.55. The topological polar surface area (TPSA) is 144 Å². The van der Waals surface area contributed by atoms with Crippen LogP contribution >= 0.6 is 11.3 Å². The van der Waals surface area contributed by atoms with Gasteiger partial charge in [0.25, 0.3) is 11.8 Å². The van der Waals surface area contributed by atoms with Crippen molar-refractivity contribution in [2.45, 2.75) is 32.4 Å². The van der Waals surface area contributed by atoms with Gasteiger partial charge in [-0.05, 0) is 72.3 Å². The van der Waals surface area contributed by atoms with Crippen molar-refractivity contribution >= 4 is 34.8 Å². The molecule has 5 rings (SSSR count). The summed E-state index contributed by atoms with van der Waals surface area (Å²) in [7, 11) is 0. The number of nitrogens with zero attached hydrogens (tertiary/aromatic N) is 1. The van der Waals surface area contributed by atoms with E-state index in [4.69, 9.17) is 10.5 Å². The second kappa shape index (κ2) is 12.4. The second-order valence-corrected chi connectivity index (χ2v) is 10.8. The Labute approximate surface area is 247 Å². The Hall–Kier alpha value is -4.80. The molecular weight excluding hydrogens is 552 g/mol. The minimum Gasteiger partial charge on any atom is -0.493 e. The molecule has 1 aliphatic heterocycles. The van der Waals surface area contributed by atoms with E-state index in [1.165, 1.54) is 12.1 Å². The smallest absolute Gasteiger partial charge is 0.355 e. The number of anilines is 1. The van der Waals surface area contributed by atoms with Gasteiger partial charge in [0.15, 0.2) is 5.69 Å². The molecule has 4 aromatic rings. The quantitative estimate of drug-likeness (QED) is 0.190. The summed E-state index contributed by atoms with van der Waals surface area (Å²) in [4.78, 5) is 44.3. The van der Waals surface area contributed by atoms with Crippen molar-refractivity contribution in [3.63, 3.8) is 0 Å². The zero-order chi connectivity index (χ0) is 29.8. The molecule has 2 amide bonds. The minimum atomic E-state index is -1.33. The van der Waals surface area contributed by atoms with Crippen molar-refractivity contribution < 1.29 is 24.2 Å². The third kappa shape index (κ3) is 5.95. The van der Waals surface area contributed by atoms with E-state index in [1.54, 1.807) is 41.7 Å². The molecular formula is C32H30N4O5S. The first-order valence-corrected chi connectivity index (χ1v) is 14.3. The van der Waals surface area contributed by atoms with Gasteiger partial charge in [0, 0.05) is 51.8 Å². The summed E-state index contributed by atoms with van der Waals surface area (Å²) in [6.07, 6.45) is 2.93. The highest BCUT2D eigenvalue weighted by atomic mass is 32.1. The van der Waals surface area contributed by atoms with Gasteiger partial charge in [0.2, 0.25) is 0 Å². The number of hydrogen-bond donors (Lipinski definition) is 4. The fourth-order valence-electron chi connectivity index (χ4n) is 4.82. The summed E-state index contributed by atoms with van der Waals surface area (Å²) < 4.78 is 6.08. The minimum absolute atomic E-state index is 0.0488. The van der Waals surface area contributed by atoms with Gasteiger partial charge < -0.3 is 26.2 Å². The van der Waals surface area contributed by atoms with E-state index < -0.39 is 17.8 Å². The summed E-state index contributed by atoms with van der Waals surface area (Å²) in [5.74, 6) is -1.75. The van der Waals surface area contributed by atoms with Crippen LogP contribution in [-0.2, 0) is 13.0 Å². The van der Waals surface area contributed by atoms with E-state index in [-0.39, 0.29) is 28.6 Å². The maximum Gasteiger partial charge on any atom is 0.355 e. The Kier molecular flexibility index (Phi) is 8.46. The number of rotatable bonds is 9. The molecule has 214 valence electrons. The number of aromatic nitrogens is 1. The average Bonchev–Trinajstić information content (AvgIpc) is 3.38. The molecule has 1 unspecified atom stereocenters. The van der Waals surface area contributed by atoms with E-state index >= 15 is 0 Å². The number of amides is 2. The lowest BCUT2D eigenvalue weighted by Crippen LogP contribution is -2.33. The number of fused-ring (bicyclic) bond motifs is 3. The highest BCUT2D eigenvalue weighted by Gasteiger charge is 2.26. The predicted molar refractivity (Wildman–Crippen MR) is 163 cm³/mol. The van der Waals surface area contributed by atoms with Gasteiger partial charge in [0.1, 0.15) is 11.4 Å². The number of aromatic carboxylic acids is 1. The fourth-order valence-corrected chi connectivity index (χ4v) is 5.80. The largest absolute Gasteiger partial charge is 0.493 e. The van der Waals surface area contributed by atoms with E-state index in [9.17, 15) is 19.5 Å². The second-order valence-electron chi connectivity index (χ2n) is 9.92. The Morgan fingerprint density at radius 3 is 2.60 bits per heavy atom. The van der Waals surface area contributed by atoms with Crippen LogP contribution in [0.15, 0.2) is 72.6 Å². The van der Waals surface area contributed by atoms with Crippen LogP contribution in [-0.4, -0.2) is 40.5 Å². The van der Waals surface area contributed by atoms with E-state index in [2.05, 4.69) is 22.2 Å². The first kappa shape index (κ1) is 28.7. The van der Waals surface area contributed by atoms with Gasteiger partial charge in [-0.2, -0.15) is 0 Å². The molecule has 0 radical (unpaired) electrons. The molecule has 2 aromatic heterocycles. The molecule has 42 heavy (non-hydrogen) atoms. The van der Waals surface area contributed by atoms with E-state index in [0.29, 0.717) is 43.0 Å². The number of carboxylic acid groups (broad SMARTS) is 1. The normalized spacial score (nSPS) is 12.6. The SMILES string of the molecule is C=CCC(C)NC(=O)c1ccc(-c2cc3c(cc2C(=O)Nc2ccc(CN)cc2)-c2sccc2CCO3)c(C(=O)O)n1. The fraction of sp³-hybridized carbons (Fsp3) is 0.188. The van der Waals surface area contributed by atoms with Crippen LogP contribution in [0.25, 0.3) is 21.6 Å². The third-order valence-corrected chi connectivity index (χ3v) is 7.94. The number of thiophene rings is 1. The number of hydrogen-bond acceptors (Lipinski definition) is 7. The zero-order valence-corrected chi connectivity index (χ0v) is 23.8. The van der Waals surface area contributed by atoms with E-state index in [1.807, 2.05) is 30.5 Å². The molecule has 0 saturated heterocycles. The molecule has 9 nitrogen and oxygen atoms in total.